The van der Waals surface area contributed by atoms with Gasteiger partial charge in [0, 0.05) is 46.2 Å². The number of rotatable bonds is 6. The molecule has 0 atom stereocenters. The number of fused-ring (bicyclic) bond motifs is 1. The number of aromatic nitrogens is 2. The molecule has 4 aromatic carbocycles. The van der Waals surface area contributed by atoms with E-state index in [9.17, 15) is 0 Å². The first-order valence-electron chi connectivity index (χ1n) is 13.0. The van der Waals surface area contributed by atoms with Gasteiger partial charge in [0.15, 0.2) is 0 Å². The zero-order chi connectivity index (χ0) is 25.9. The van der Waals surface area contributed by atoms with E-state index < -0.39 is 0 Å². The summed E-state index contributed by atoms with van der Waals surface area (Å²) in [5.74, 6) is 0.914. The Labute approximate surface area is 233 Å². The average molecular weight is 540 g/mol. The maximum Gasteiger partial charge on any atom is 0.137 e. The molecular formula is C32H28Cl2N4. The quantitative estimate of drug-likeness (QED) is 0.221. The number of benzene rings is 4. The molecule has 38 heavy (non-hydrogen) atoms. The van der Waals surface area contributed by atoms with Gasteiger partial charge >= 0.3 is 0 Å². The van der Waals surface area contributed by atoms with Gasteiger partial charge in [0.05, 0.1) is 5.52 Å². The summed E-state index contributed by atoms with van der Waals surface area (Å²) >= 11 is 12.4. The summed E-state index contributed by atoms with van der Waals surface area (Å²) in [5.41, 5.74) is 5.71. The van der Waals surface area contributed by atoms with E-state index in [1.165, 1.54) is 11.3 Å². The number of piperidine rings is 1. The minimum atomic E-state index is 0.0242. The van der Waals surface area contributed by atoms with Crippen molar-refractivity contribution in [2.45, 2.75) is 24.8 Å². The fourth-order valence-electron chi connectivity index (χ4n) is 5.37. The van der Waals surface area contributed by atoms with Crippen molar-refractivity contribution in [3.63, 3.8) is 0 Å². The van der Waals surface area contributed by atoms with Crippen molar-refractivity contribution in [2.75, 3.05) is 23.3 Å². The topological polar surface area (TPSA) is 41.1 Å². The summed E-state index contributed by atoms with van der Waals surface area (Å²) < 4.78 is 0. The Morgan fingerprint density at radius 2 is 1.32 bits per heavy atom. The van der Waals surface area contributed by atoms with Crippen molar-refractivity contribution < 1.29 is 0 Å². The predicted molar refractivity (Wildman–Crippen MR) is 159 cm³/mol. The van der Waals surface area contributed by atoms with E-state index in [-0.39, 0.29) is 5.92 Å². The lowest BCUT2D eigenvalue weighted by atomic mass is 9.84. The summed E-state index contributed by atoms with van der Waals surface area (Å²) in [7, 11) is 0. The molecule has 190 valence electrons. The number of para-hydroxylation sites is 1. The Morgan fingerprint density at radius 3 is 1.95 bits per heavy atom. The van der Waals surface area contributed by atoms with Crippen LogP contribution in [0.25, 0.3) is 10.9 Å². The van der Waals surface area contributed by atoms with Crippen LogP contribution in [0.3, 0.4) is 0 Å². The molecule has 1 N–H and O–H groups in total. The van der Waals surface area contributed by atoms with Crippen LogP contribution in [0.2, 0.25) is 10.0 Å². The van der Waals surface area contributed by atoms with Gasteiger partial charge in [0.2, 0.25) is 0 Å². The van der Waals surface area contributed by atoms with Gasteiger partial charge < -0.3 is 10.2 Å². The molecule has 0 unspecified atom stereocenters. The first-order chi connectivity index (χ1) is 18.6. The molecule has 0 radical (unpaired) electrons. The number of hydrogen-bond donors (Lipinski definition) is 1. The average Bonchev–Trinajstić information content (AvgIpc) is 2.96. The van der Waals surface area contributed by atoms with Gasteiger partial charge in [-0.05, 0) is 78.1 Å². The second kappa shape index (κ2) is 11.0. The minimum Gasteiger partial charge on any atom is -0.371 e. The second-order valence-electron chi connectivity index (χ2n) is 9.78. The van der Waals surface area contributed by atoms with E-state index >= 15 is 0 Å². The van der Waals surface area contributed by atoms with Crippen molar-refractivity contribution >= 4 is 45.6 Å². The van der Waals surface area contributed by atoms with Crippen molar-refractivity contribution in [2.24, 2.45) is 0 Å². The SMILES string of the molecule is Clc1ccc(C(c2ccc(Cl)cc2)c2ccc3ncnc(NC4CCN(c5ccccc5)CC4)c3c2)cc1. The van der Waals surface area contributed by atoms with Crippen LogP contribution in [0.5, 0.6) is 0 Å². The molecule has 6 rings (SSSR count). The third kappa shape index (κ3) is 5.33. The first kappa shape index (κ1) is 24.7. The maximum absolute atomic E-state index is 6.22. The van der Waals surface area contributed by atoms with Gasteiger partial charge in [0.1, 0.15) is 12.1 Å². The van der Waals surface area contributed by atoms with Crippen LogP contribution in [0.1, 0.15) is 35.4 Å². The van der Waals surface area contributed by atoms with Crippen molar-refractivity contribution in [3.8, 4) is 0 Å². The van der Waals surface area contributed by atoms with Gasteiger partial charge in [-0.2, -0.15) is 0 Å². The van der Waals surface area contributed by atoms with E-state index in [0.29, 0.717) is 6.04 Å². The molecule has 0 amide bonds. The maximum atomic E-state index is 6.22. The largest absolute Gasteiger partial charge is 0.371 e. The van der Waals surface area contributed by atoms with E-state index in [1.54, 1.807) is 6.33 Å². The molecule has 1 aliphatic rings. The number of nitrogens with zero attached hydrogens (tertiary/aromatic N) is 3. The Hall–Kier alpha value is -3.60. The van der Waals surface area contributed by atoms with Crippen molar-refractivity contribution in [3.05, 3.63) is 130 Å². The molecule has 0 saturated carbocycles. The molecule has 2 heterocycles. The molecule has 4 nitrogen and oxygen atoms in total. The molecule has 5 aromatic rings. The Bertz CT molecular complexity index is 1470. The lowest BCUT2D eigenvalue weighted by molar-refractivity contribution is 0.526. The van der Waals surface area contributed by atoms with Gasteiger partial charge in [-0.15, -0.1) is 0 Å². The summed E-state index contributed by atoms with van der Waals surface area (Å²) in [4.78, 5) is 11.7. The highest BCUT2D eigenvalue weighted by atomic mass is 35.5. The van der Waals surface area contributed by atoms with Crippen LogP contribution in [-0.4, -0.2) is 29.1 Å². The van der Waals surface area contributed by atoms with E-state index in [2.05, 4.69) is 93.0 Å². The predicted octanol–water partition coefficient (Wildman–Crippen LogP) is 8.20. The fraction of sp³-hybridized carbons (Fsp3) is 0.188. The normalized spacial score (nSPS) is 14.2. The van der Waals surface area contributed by atoms with Gasteiger partial charge in [-0.3, -0.25) is 0 Å². The second-order valence-corrected chi connectivity index (χ2v) is 10.6. The minimum absolute atomic E-state index is 0.0242. The first-order valence-corrected chi connectivity index (χ1v) is 13.7. The molecule has 1 aromatic heterocycles. The molecule has 0 aliphatic carbocycles. The Balaban J connectivity index is 1.30. The molecular weight excluding hydrogens is 511 g/mol. The Kier molecular flexibility index (Phi) is 7.17. The van der Waals surface area contributed by atoms with Gasteiger partial charge in [-0.25, -0.2) is 9.97 Å². The molecule has 1 saturated heterocycles. The highest BCUT2D eigenvalue weighted by molar-refractivity contribution is 6.30. The summed E-state index contributed by atoms with van der Waals surface area (Å²) in [5, 5.41) is 6.22. The third-order valence-electron chi connectivity index (χ3n) is 7.36. The monoisotopic (exact) mass is 538 g/mol. The number of anilines is 2. The van der Waals surface area contributed by atoms with Crippen molar-refractivity contribution in [1.29, 1.82) is 0 Å². The standard InChI is InChI=1S/C32H28Cl2N4/c33-25-11-6-22(7-12-25)31(23-8-13-26(34)14-9-23)24-10-15-30-29(20-24)32(36-21-35-30)37-27-16-18-38(19-17-27)28-4-2-1-3-5-28/h1-15,20-21,27,31H,16-19H2,(H,35,36,37). The number of nitrogens with one attached hydrogen (secondary N) is 1. The smallest absolute Gasteiger partial charge is 0.137 e. The lowest BCUT2D eigenvalue weighted by Gasteiger charge is -2.34. The molecule has 1 fully saturated rings. The van der Waals surface area contributed by atoms with E-state index in [0.717, 1.165) is 63.8 Å². The van der Waals surface area contributed by atoms with Gasteiger partial charge in [0.25, 0.3) is 0 Å². The lowest BCUT2D eigenvalue weighted by Crippen LogP contribution is -2.39. The highest BCUT2D eigenvalue weighted by Crippen LogP contribution is 2.36. The molecule has 0 spiro atoms. The van der Waals surface area contributed by atoms with Crippen LogP contribution >= 0.6 is 23.2 Å². The van der Waals surface area contributed by atoms with Crippen LogP contribution in [0, 0.1) is 0 Å². The number of halogens is 2. The summed E-state index contributed by atoms with van der Waals surface area (Å²) in [6.07, 6.45) is 3.76. The Morgan fingerprint density at radius 1 is 0.711 bits per heavy atom. The molecule has 6 heteroatoms. The van der Waals surface area contributed by atoms with E-state index in [1.807, 2.05) is 24.3 Å². The van der Waals surface area contributed by atoms with E-state index in [4.69, 9.17) is 23.2 Å². The zero-order valence-electron chi connectivity index (χ0n) is 20.9. The van der Waals surface area contributed by atoms with Crippen LogP contribution in [0.15, 0.2) is 103 Å². The van der Waals surface area contributed by atoms with Crippen molar-refractivity contribution in [1.82, 2.24) is 9.97 Å². The van der Waals surface area contributed by atoms with Crippen LogP contribution < -0.4 is 10.2 Å². The summed E-state index contributed by atoms with van der Waals surface area (Å²) in [6.45, 7) is 2.04. The summed E-state index contributed by atoms with van der Waals surface area (Å²) in [6, 6.07) is 33.6. The third-order valence-corrected chi connectivity index (χ3v) is 7.86. The van der Waals surface area contributed by atoms with Crippen LogP contribution in [-0.2, 0) is 0 Å². The molecule has 1 aliphatic heterocycles. The molecule has 0 bridgehead atoms. The van der Waals surface area contributed by atoms with Crippen LogP contribution in [0.4, 0.5) is 11.5 Å². The highest BCUT2D eigenvalue weighted by Gasteiger charge is 2.22. The van der Waals surface area contributed by atoms with Gasteiger partial charge in [-0.1, -0.05) is 71.7 Å². The number of hydrogen-bond acceptors (Lipinski definition) is 4. The fourth-order valence-corrected chi connectivity index (χ4v) is 5.62. The zero-order valence-corrected chi connectivity index (χ0v) is 22.4.